The van der Waals surface area contributed by atoms with Crippen LogP contribution in [0.3, 0.4) is 0 Å². The number of carboxylic acid groups (broad SMARTS) is 1. The highest BCUT2D eigenvalue weighted by atomic mass is 16.5. The predicted octanol–water partition coefficient (Wildman–Crippen LogP) is 3.66. The second-order valence-corrected chi connectivity index (χ2v) is 9.31. The molecule has 1 aliphatic rings. The van der Waals surface area contributed by atoms with Gasteiger partial charge >= 0.3 is 5.97 Å². The van der Waals surface area contributed by atoms with Gasteiger partial charge in [0.1, 0.15) is 23.1 Å². The lowest BCUT2D eigenvalue weighted by Gasteiger charge is -2.27. The fourth-order valence-electron chi connectivity index (χ4n) is 4.46. The Labute approximate surface area is 210 Å². The van der Waals surface area contributed by atoms with Gasteiger partial charge in [0.25, 0.3) is 0 Å². The van der Waals surface area contributed by atoms with Gasteiger partial charge in [-0.3, -0.25) is 4.79 Å². The van der Waals surface area contributed by atoms with Gasteiger partial charge in [0.15, 0.2) is 0 Å². The van der Waals surface area contributed by atoms with E-state index in [0.717, 1.165) is 49.3 Å². The van der Waals surface area contributed by atoms with Crippen LogP contribution in [-0.4, -0.2) is 52.1 Å². The Bertz CT molecular complexity index is 1210. The summed E-state index contributed by atoms with van der Waals surface area (Å²) in [5.74, 6) is 1.57. The molecule has 0 radical (unpaired) electrons. The maximum Gasteiger partial charge on any atom is 0.306 e. The third kappa shape index (κ3) is 6.13. The van der Waals surface area contributed by atoms with Crippen molar-refractivity contribution in [1.82, 2.24) is 34.9 Å². The first-order valence-electron chi connectivity index (χ1n) is 12.6. The van der Waals surface area contributed by atoms with E-state index in [1.165, 1.54) is 0 Å². The normalized spacial score (nSPS) is 17.7. The molecule has 11 nitrogen and oxygen atoms in total. The minimum Gasteiger partial charge on any atom is -0.489 e. The van der Waals surface area contributed by atoms with Gasteiger partial charge in [0, 0.05) is 13.5 Å². The third-order valence-corrected chi connectivity index (χ3v) is 6.45. The molecule has 3 heterocycles. The van der Waals surface area contributed by atoms with Crippen LogP contribution in [-0.2, 0) is 24.8 Å². The molecule has 0 amide bonds. The first-order chi connectivity index (χ1) is 17.3. The van der Waals surface area contributed by atoms with Gasteiger partial charge < -0.3 is 15.2 Å². The quantitative estimate of drug-likeness (QED) is 0.429. The molecular weight excluding hydrogens is 460 g/mol. The molecular formula is C25H34N8O3. The van der Waals surface area contributed by atoms with Crippen LogP contribution in [0.2, 0.25) is 0 Å². The maximum absolute atomic E-state index is 11.4. The molecule has 0 bridgehead atoms. The van der Waals surface area contributed by atoms with Crippen LogP contribution in [0.25, 0.3) is 11.4 Å². The van der Waals surface area contributed by atoms with Crippen LogP contribution >= 0.6 is 0 Å². The van der Waals surface area contributed by atoms with Crippen molar-refractivity contribution in [3.8, 4) is 17.1 Å². The number of aryl methyl sites for hydroxylation is 4. The number of ether oxygens (including phenoxy) is 1. The average Bonchev–Trinajstić information content (AvgIpc) is 3.22. The molecule has 0 aliphatic heterocycles. The van der Waals surface area contributed by atoms with E-state index in [4.69, 9.17) is 9.72 Å². The molecule has 0 unspecified atom stereocenters. The fraction of sp³-hybridized carbons (Fsp3) is 0.560. The minimum absolute atomic E-state index is 0.117. The van der Waals surface area contributed by atoms with Gasteiger partial charge in [0.2, 0.25) is 5.95 Å². The molecule has 1 fully saturated rings. The molecule has 4 rings (SSSR count). The lowest BCUT2D eigenvalue weighted by Crippen LogP contribution is -2.29. The smallest absolute Gasteiger partial charge is 0.306 e. The lowest BCUT2D eigenvalue weighted by atomic mass is 9.87. The van der Waals surface area contributed by atoms with Crippen molar-refractivity contribution in [3.05, 3.63) is 35.2 Å². The van der Waals surface area contributed by atoms with Crippen LogP contribution in [0.1, 0.15) is 68.5 Å². The largest absolute Gasteiger partial charge is 0.489 e. The van der Waals surface area contributed by atoms with Crippen molar-refractivity contribution in [1.29, 1.82) is 0 Å². The van der Waals surface area contributed by atoms with Gasteiger partial charge in [-0.15, -0.1) is 5.10 Å². The Morgan fingerprint density at radius 3 is 2.78 bits per heavy atom. The number of carbonyl (C=O) groups is 1. The highest BCUT2D eigenvalue weighted by Crippen LogP contribution is 2.30. The first-order valence-corrected chi connectivity index (χ1v) is 12.6. The zero-order valence-corrected chi connectivity index (χ0v) is 21.4. The van der Waals surface area contributed by atoms with Gasteiger partial charge in [-0.1, -0.05) is 18.6 Å². The molecule has 36 heavy (non-hydrogen) atoms. The summed E-state index contributed by atoms with van der Waals surface area (Å²) in [5, 5.41) is 21.2. The second kappa shape index (κ2) is 11.4. The van der Waals surface area contributed by atoms with Crippen molar-refractivity contribution in [3.63, 3.8) is 0 Å². The molecule has 3 aromatic rings. The molecule has 0 aromatic carbocycles. The summed E-state index contributed by atoms with van der Waals surface area (Å²) in [6.07, 6.45) is 5.74. The number of aliphatic carboxylic acids is 1. The Hall–Kier alpha value is -3.63. The summed E-state index contributed by atoms with van der Waals surface area (Å²) >= 11 is 0. The van der Waals surface area contributed by atoms with Crippen molar-refractivity contribution in [2.24, 2.45) is 13.0 Å². The number of carboxylic acids is 1. The monoisotopic (exact) mass is 494 g/mol. The summed E-state index contributed by atoms with van der Waals surface area (Å²) in [7, 11) is 1.84. The van der Waals surface area contributed by atoms with Gasteiger partial charge in [-0.25, -0.2) is 14.6 Å². The Morgan fingerprint density at radius 2 is 2.03 bits per heavy atom. The number of unbranched alkanes of at least 4 members (excludes halogenated alkanes) is 1. The van der Waals surface area contributed by atoms with E-state index >= 15 is 0 Å². The van der Waals surface area contributed by atoms with E-state index in [1.807, 2.05) is 33.0 Å². The zero-order chi connectivity index (χ0) is 25.7. The number of rotatable bonds is 10. The summed E-state index contributed by atoms with van der Waals surface area (Å²) in [6.45, 7) is 6.32. The number of pyridine rings is 1. The van der Waals surface area contributed by atoms with E-state index in [1.54, 1.807) is 4.68 Å². The molecule has 11 heteroatoms. The molecule has 192 valence electrons. The summed E-state index contributed by atoms with van der Waals surface area (Å²) in [4.78, 5) is 29.5. The molecule has 1 saturated carbocycles. The number of nitrogens with one attached hydrogen (secondary N) is 1. The molecule has 2 N–H and O–H groups in total. The molecule has 2 atom stereocenters. The Morgan fingerprint density at radius 1 is 1.19 bits per heavy atom. The third-order valence-electron chi connectivity index (χ3n) is 6.45. The maximum atomic E-state index is 11.4. The number of nitrogens with zero attached hydrogens (tertiary/aromatic N) is 7. The summed E-state index contributed by atoms with van der Waals surface area (Å²) in [5.41, 5.74) is 2.93. The minimum atomic E-state index is -0.748. The van der Waals surface area contributed by atoms with Crippen LogP contribution in [0.15, 0.2) is 12.1 Å². The van der Waals surface area contributed by atoms with Gasteiger partial charge in [-0.2, -0.15) is 9.97 Å². The molecule has 0 spiro atoms. The van der Waals surface area contributed by atoms with E-state index in [0.29, 0.717) is 48.3 Å². The van der Waals surface area contributed by atoms with Crippen LogP contribution in [0.4, 0.5) is 5.95 Å². The van der Waals surface area contributed by atoms with Crippen molar-refractivity contribution in [2.45, 2.75) is 78.4 Å². The predicted molar refractivity (Wildman–Crippen MR) is 133 cm³/mol. The lowest BCUT2D eigenvalue weighted by molar-refractivity contribution is -0.143. The average molecular weight is 495 g/mol. The van der Waals surface area contributed by atoms with E-state index in [-0.39, 0.29) is 12.0 Å². The van der Waals surface area contributed by atoms with Crippen molar-refractivity contribution in [2.75, 3.05) is 5.32 Å². The SMILES string of the molecule is CCCCc1nc(C)nc(NCc2c(-c3ccc(O[C@H]4CCC[C@H](C(=O)O)C4)c(C)n3)nnn2C)n1. The highest BCUT2D eigenvalue weighted by molar-refractivity contribution is 5.70. The number of aromatic nitrogens is 7. The van der Waals surface area contributed by atoms with E-state index < -0.39 is 5.97 Å². The molecule has 0 saturated heterocycles. The molecule has 3 aromatic heterocycles. The van der Waals surface area contributed by atoms with Crippen LogP contribution < -0.4 is 10.1 Å². The zero-order valence-electron chi connectivity index (χ0n) is 21.4. The van der Waals surface area contributed by atoms with E-state index in [9.17, 15) is 9.90 Å². The first kappa shape index (κ1) is 25.5. The van der Waals surface area contributed by atoms with Crippen LogP contribution in [0, 0.1) is 19.8 Å². The van der Waals surface area contributed by atoms with Crippen molar-refractivity contribution < 1.29 is 14.6 Å². The van der Waals surface area contributed by atoms with Gasteiger partial charge in [-0.05, 0) is 58.1 Å². The fourth-order valence-corrected chi connectivity index (χ4v) is 4.46. The molecule has 1 aliphatic carbocycles. The summed E-state index contributed by atoms with van der Waals surface area (Å²) in [6, 6.07) is 3.74. The van der Waals surface area contributed by atoms with Crippen LogP contribution in [0.5, 0.6) is 5.75 Å². The number of hydrogen-bond donors (Lipinski definition) is 2. The standard InChI is InChI=1S/C25H34N8O3/c1-5-6-10-22-28-16(3)29-25(30-22)26-14-20-23(31-32-33(20)4)19-11-12-21(15(2)27-19)36-18-9-7-8-17(13-18)24(34)35/h11-12,17-18H,5-10,13-14H2,1-4H3,(H,34,35)(H,26,28,29,30)/t17-,18-/m0/s1. The number of anilines is 1. The Kier molecular flexibility index (Phi) is 8.07. The van der Waals surface area contributed by atoms with Crippen molar-refractivity contribution >= 4 is 11.9 Å². The number of hydrogen-bond acceptors (Lipinski definition) is 9. The Balaban J connectivity index is 1.47. The van der Waals surface area contributed by atoms with Gasteiger partial charge in [0.05, 0.1) is 35.6 Å². The van der Waals surface area contributed by atoms with E-state index in [2.05, 4.69) is 37.5 Å². The summed E-state index contributed by atoms with van der Waals surface area (Å²) < 4.78 is 7.86. The topological polar surface area (TPSA) is 141 Å². The second-order valence-electron chi connectivity index (χ2n) is 9.31. The highest BCUT2D eigenvalue weighted by Gasteiger charge is 2.28.